The van der Waals surface area contributed by atoms with Crippen LogP contribution < -0.4 is 42.5 Å². The molecule has 0 bridgehead atoms. The van der Waals surface area contributed by atoms with Gasteiger partial charge < -0.3 is 9.84 Å². The Bertz CT molecular complexity index is 3200. The summed E-state index contributed by atoms with van der Waals surface area (Å²) in [6, 6.07) is 30.9. The molecule has 2 saturated carbocycles. The molecule has 4 unspecified atom stereocenters. The molecule has 7 rings (SSSR count). The van der Waals surface area contributed by atoms with E-state index in [1.54, 1.807) is 12.1 Å². The van der Waals surface area contributed by atoms with E-state index in [1.807, 2.05) is 117 Å². The molecule has 0 aromatic heterocycles. The number of carboxylic acids is 1. The van der Waals surface area contributed by atoms with E-state index in [-0.39, 0.29) is 62.9 Å². The third kappa shape index (κ3) is 23.6. The van der Waals surface area contributed by atoms with Crippen LogP contribution in [0.2, 0.25) is 0 Å². The van der Waals surface area contributed by atoms with Crippen LogP contribution in [0.1, 0.15) is 120 Å². The summed E-state index contributed by atoms with van der Waals surface area (Å²) in [5, 5.41) is 56.5. The molecule has 22 nitrogen and oxygen atoms in total. The smallest absolute Gasteiger partial charge is 0.460 e. The molecule has 11 N–H and O–H groups in total. The van der Waals surface area contributed by atoms with E-state index in [2.05, 4.69) is 42.5 Å². The fraction of sp³-hybridized carbons (Fsp3) is 0.493. The van der Waals surface area contributed by atoms with Crippen LogP contribution in [0.15, 0.2) is 115 Å². The average molecular weight is 1250 g/mol. The van der Waals surface area contributed by atoms with Gasteiger partial charge in [0.15, 0.2) is 0 Å². The summed E-state index contributed by atoms with van der Waals surface area (Å²) in [5.74, 6) is -5.56. The van der Waals surface area contributed by atoms with E-state index in [0.717, 1.165) is 102 Å². The summed E-state index contributed by atoms with van der Waals surface area (Å²) in [6.07, 6.45) is 8.02. The zero-order valence-electron chi connectivity index (χ0n) is 52.1. The second kappa shape index (κ2) is 38.6. The Balaban J connectivity index is 0.000000293. The molecule has 8 atom stereocenters. The van der Waals surface area contributed by atoms with E-state index < -0.39 is 103 Å². The van der Waals surface area contributed by atoms with E-state index in [9.17, 15) is 58.0 Å². The van der Waals surface area contributed by atoms with Gasteiger partial charge in [-0.2, -0.15) is 0 Å². The number of fused-ring (bicyclic) bond motifs is 2. The van der Waals surface area contributed by atoms with Gasteiger partial charge in [-0.3, -0.25) is 9.59 Å². The summed E-state index contributed by atoms with van der Waals surface area (Å²) < 4.78 is 27.6. The molecule has 2 aliphatic carbocycles. The monoisotopic (exact) mass is 1250 g/mol. The summed E-state index contributed by atoms with van der Waals surface area (Å²) >= 11 is 0. The molecule has 0 spiro atoms. The number of rotatable bonds is 34. The number of esters is 1. The minimum atomic E-state index is -1.69. The first-order valence-electron chi connectivity index (χ1n) is 31.9. The maximum atomic E-state index is 13.9. The average Bonchev–Trinajstić information content (AvgIpc) is 1.56. The van der Waals surface area contributed by atoms with Gasteiger partial charge in [-0.25, -0.2) is 0 Å². The molecule has 24 heteroatoms. The number of carboxylic acid groups (broad SMARTS) is 1. The van der Waals surface area contributed by atoms with Crippen LogP contribution in [0.25, 0.3) is 21.5 Å². The maximum absolute atomic E-state index is 13.9. The van der Waals surface area contributed by atoms with Crippen LogP contribution in [-0.2, 0) is 72.0 Å². The molecule has 0 saturated heterocycles. The van der Waals surface area contributed by atoms with Gasteiger partial charge in [-0.15, -0.1) is 0 Å². The summed E-state index contributed by atoms with van der Waals surface area (Å²) in [4.78, 5) is 103. The van der Waals surface area contributed by atoms with Gasteiger partial charge in [0.05, 0.1) is 0 Å². The van der Waals surface area contributed by atoms with Crippen molar-refractivity contribution in [2.24, 2.45) is 11.8 Å². The Labute approximate surface area is 532 Å². The number of hydrogen-bond donors (Lipinski definition) is 11. The number of nitrogens with one attached hydrogen (secondary N) is 8. The van der Waals surface area contributed by atoms with Crippen molar-refractivity contribution in [1.82, 2.24) is 42.5 Å². The Morgan fingerprint density at radius 1 is 0.484 bits per heavy atom. The Morgan fingerprint density at radius 3 is 1.30 bits per heavy atom. The first-order valence-corrected chi connectivity index (χ1v) is 31.9. The van der Waals surface area contributed by atoms with Crippen LogP contribution >= 0.6 is 0 Å². The number of aliphatic carboxylic acids is 1. The summed E-state index contributed by atoms with van der Waals surface area (Å²) in [7, 11) is 1.42. The fourth-order valence-corrected chi connectivity index (χ4v) is 11.9. The standard InChI is InChI=1S/C37H47BN4O7.C30H41BN4O7/c1-2-11-30(34(44)37(47)39-22-32(43)49-23-25-12-5-3-6-13-25)41-35(45)31(21-26-18-19-27-14-9-10-17-29(27)20-26)42-36(46)33(40-24-38-48)28-15-7-4-8-16-28;1-2-8-23(27(38)30(41)32-17-25(36)37)34-28(39)24(16-19-13-14-20-9-6-7-12-22(20)15-19)35-29(40)26(33-18-31-42)21-10-4-3-5-11-21/h3,5-6,9-10,12-14,17-20,28,30-31,33-34,40,44H,2,4,7-8,11,15-16,21-24H2,1H3,(H,39,47)(H,41,45)(H,42,46);6-7,9,12-15,21,23-24,26-27,33,38H,2-5,8,10-11,16-18H2,1H3,(H,32,41)(H,34,39)(H,35,40)(H,36,37)/t30?,31-,33-,34?;23?,24-,26-,27?/m00/s1. The quantitative estimate of drug-likeness (QED) is 0.0203. The number of carbonyl (C=O) groups is 8. The van der Waals surface area contributed by atoms with E-state index in [0.29, 0.717) is 27.1 Å². The molecule has 0 heterocycles. The third-order valence-corrected chi connectivity index (χ3v) is 16.6. The van der Waals surface area contributed by atoms with Gasteiger partial charge in [0.25, 0.3) is 0 Å². The third-order valence-electron chi connectivity index (χ3n) is 16.6. The number of hydrogen-bond acceptors (Lipinski definition) is 15. The molecule has 5 aromatic carbocycles. The predicted octanol–water partition coefficient (Wildman–Crippen LogP) is 4.18. The van der Waals surface area contributed by atoms with Crippen molar-refractivity contribution in [3.05, 3.63) is 132 Å². The van der Waals surface area contributed by atoms with Gasteiger partial charge in [-0.05, 0) is 5.56 Å². The Morgan fingerprint density at radius 2 is 0.890 bits per heavy atom. The van der Waals surface area contributed by atoms with Crippen molar-refractivity contribution >= 4 is 83.2 Å². The zero-order chi connectivity index (χ0) is 65.5. The molecule has 2 fully saturated rings. The predicted molar refractivity (Wildman–Crippen MR) is 344 cm³/mol. The zero-order valence-corrected chi connectivity index (χ0v) is 52.1. The van der Waals surface area contributed by atoms with Gasteiger partial charge in [0, 0.05) is 0 Å². The fourth-order valence-electron chi connectivity index (χ4n) is 11.9. The number of carbonyl (C=O) groups excluding carboxylic acids is 7. The van der Waals surface area contributed by atoms with E-state index in [4.69, 9.17) is 9.84 Å². The number of amides is 6. The van der Waals surface area contributed by atoms with Crippen LogP contribution in [-0.4, -0.2) is 151 Å². The SMILES string of the molecule is CCCC(NC(=O)[C@H](Cc1ccc2ccccc2c1)NC(=O)[C@@H](NCB=O)C1CCCCC1)C(O)C(=O)NCC(=O)O.CCCC(NC(=O)[C@H](Cc1ccc2ccccc2c1)NC(=O)[C@@H](NCB=O)C1CCCCC1)C(O)C(=O)NCC(=O)OCc1ccccc1. The number of aliphatic hydroxyl groups excluding tert-OH is 2. The molecule has 91 heavy (non-hydrogen) atoms. The van der Waals surface area contributed by atoms with Crippen molar-refractivity contribution in [2.45, 2.75) is 172 Å². The topological polar surface area (TPSA) is 337 Å². The van der Waals surface area contributed by atoms with Gasteiger partial charge >= 0.3 is 448 Å². The second-order valence-electron chi connectivity index (χ2n) is 23.5. The number of benzene rings is 5. The number of ether oxygens (including phenoxy) is 1. The van der Waals surface area contributed by atoms with Crippen molar-refractivity contribution in [2.75, 3.05) is 26.0 Å². The molecule has 0 aliphatic heterocycles. The molecule has 5 aromatic rings. The summed E-state index contributed by atoms with van der Waals surface area (Å²) in [6.45, 7) is 2.60. The molecular formula is C67H88B2N8O14. The van der Waals surface area contributed by atoms with Crippen LogP contribution in [0.4, 0.5) is 0 Å². The second-order valence-corrected chi connectivity index (χ2v) is 23.5. The molecule has 486 valence electrons. The summed E-state index contributed by atoms with van der Waals surface area (Å²) in [5.41, 5.74) is 2.41. The van der Waals surface area contributed by atoms with Gasteiger partial charge in [0.2, 0.25) is 0 Å². The minimum absolute atomic E-state index is 0.00629. The van der Waals surface area contributed by atoms with Crippen LogP contribution in [0.5, 0.6) is 0 Å². The molecule has 6 amide bonds. The normalized spacial score (nSPS) is 16.0. The van der Waals surface area contributed by atoms with Crippen LogP contribution in [0, 0.1) is 11.8 Å². The van der Waals surface area contributed by atoms with Crippen molar-refractivity contribution in [3.8, 4) is 0 Å². The Hall–Kier alpha value is -8.05. The van der Waals surface area contributed by atoms with Crippen molar-refractivity contribution in [3.63, 3.8) is 0 Å². The first kappa shape index (κ1) is 72.0. The van der Waals surface area contributed by atoms with Crippen molar-refractivity contribution in [1.29, 1.82) is 0 Å². The minimum Gasteiger partial charge on any atom is -0.460 e. The van der Waals surface area contributed by atoms with Gasteiger partial charge in [-0.1, -0.05) is 42.5 Å². The molecule has 2 aliphatic rings. The number of aliphatic hydroxyl groups is 2. The molecule has 0 radical (unpaired) electrons. The first-order chi connectivity index (χ1) is 44.0. The Kier molecular flexibility index (Phi) is 30.5. The van der Waals surface area contributed by atoms with E-state index >= 15 is 0 Å². The van der Waals surface area contributed by atoms with Gasteiger partial charge in [0.1, 0.15) is 19.7 Å². The van der Waals surface area contributed by atoms with Crippen molar-refractivity contribution < 1.29 is 67.8 Å². The van der Waals surface area contributed by atoms with Crippen LogP contribution in [0.3, 0.4) is 0 Å². The van der Waals surface area contributed by atoms with E-state index in [1.165, 1.54) is 0 Å². The molecular weight excluding hydrogens is 1160 g/mol.